The fraction of sp³-hybridized carbons (Fsp3) is 0.714. The summed E-state index contributed by atoms with van der Waals surface area (Å²) in [7, 11) is 0. The molecule has 0 amide bonds. The highest BCUT2D eigenvalue weighted by atomic mass is 14.3. The summed E-state index contributed by atoms with van der Waals surface area (Å²) in [6.07, 6.45) is 16.5. The Bertz CT molecular complexity index is 375. The van der Waals surface area contributed by atoms with Gasteiger partial charge in [0.25, 0.3) is 0 Å². The van der Waals surface area contributed by atoms with Gasteiger partial charge >= 0.3 is 0 Å². The molecule has 0 heterocycles. The van der Waals surface area contributed by atoms with Crippen molar-refractivity contribution in [1.29, 1.82) is 0 Å². The molecule has 0 aromatic heterocycles. The zero-order valence-corrected chi connectivity index (χ0v) is 15.0. The maximum Gasteiger partial charge on any atom is -0.0224 e. The van der Waals surface area contributed by atoms with E-state index in [4.69, 9.17) is 0 Å². The Kier molecular flexibility index (Phi) is 7.49. The van der Waals surface area contributed by atoms with Gasteiger partial charge in [-0.3, -0.25) is 0 Å². The van der Waals surface area contributed by atoms with Crippen LogP contribution in [0.2, 0.25) is 0 Å². The molecule has 0 N–H and O–H groups in total. The molecule has 0 radical (unpaired) electrons. The minimum Gasteiger partial charge on any atom is -0.0955 e. The lowest BCUT2D eigenvalue weighted by Crippen LogP contribution is -2.23. The van der Waals surface area contributed by atoms with Crippen LogP contribution in [0.3, 0.4) is 0 Å². The zero-order valence-electron chi connectivity index (χ0n) is 15.0. The average molecular weight is 289 g/mol. The van der Waals surface area contributed by atoms with E-state index in [0.717, 1.165) is 5.92 Å². The van der Waals surface area contributed by atoms with Crippen molar-refractivity contribution in [1.82, 2.24) is 0 Å². The second-order valence-electron chi connectivity index (χ2n) is 7.53. The van der Waals surface area contributed by atoms with E-state index in [0.29, 0.717) is 11.3 Å². The molecule has 2 aliphatic carbocycles. The molecule has 0 heteroatoms. The summed E-state index contributed by atoms with van der Waals surface area (Å²) >= 11 is 0. The number of hydrogen-bond donors (Lipinski definition) is 0. The SMILES string of the molecule is C=C(C)C1=CCC(C)C=C1.CCC1CCC(C)(CC)CC1. The van der Waals surface area contributed by atoms with Crippen molar-refractivity contribution >= 4 is 0 Å². The van der Waals surface area contributed by atoms with Crippen LogP contribution in [0, 0.1) is 17.3 Å². The molecule has 0 aromatic carbocycles. The maximum absolute atomic E-state index is 3.88. The summed E-state index contributed by atoms with van der Waals surface area (Å²) in [5.74, 6) is 1.76. The molecule has 0 nitrogen and oxygen atoms in total. The van der Waals surface area contributed by atoms with E-state index in [1.54, 1.807) is 0 Å². The first kappa shape index (κ1) is 18.3. The molecule has 21 heavy (non-hydrogen) atoms. The van der Waals surface area contributed by atoms with E-state index in [1.165, 1.54) is 56.1 Å². The second kappa shape index (κ2) is 8.61. The summed E-state index contributed by atoms with van der Waals surface area (Å²) in [4.78, 5) is 0. The highest BCUT2D eigenvalue weighted by Crippen LogP contribution is 2.41. The largest absolute Gasteiger partial charge is 0.0955 e. The molecule has 1 unspecified atom stereocenters. The fourth-order valence-corrected chi connectivity index (χ4v) is 3.18. The van der Waals surface area contributed by atoms with Gasteiger partial charge in [-0.2, -0.15) is 0 Å². The van der Waals surface area contributed by atoms with Gasteiger partial charge in [0, 0.05) is 0 Å². The molecule has 2 rings (SSSR count). The van der Waals surface area contributed by atoms with Crippen molar-refractivity contribution in [2.45, 2.75) is 79.6 Å². The van der Waals surface area contributed by atoms with Crippen LogP contribution >= 0.6 is 0 Å². The molecule has 1 saturated carbocycles. The lowest BCUT2D eigenvalue weighted by Gasteiger charge is -2.36. The van der Waals surface area contributed by atoms with Gasteiger partial charge < -0.3 is 0 Å². The van der Waals surface area contributed by atoms with Crippen molar-refractivity contribution < 1.29 is 0 Å². The maximum atomic E-state index is 3.88. The molecule has 120 valence electrons. The Morgan fingerprint density at radius 1 is 1.29 bits per heavy atom. The van der Waals surface area contributed by atoms with E-state index >= 15 is 0 Å². The Balaban J connectivity index is 0.000000211. The third-order valence-electron chi connectivity index (χ3n) is 5.55. The van der Waals surface area contributed by atoms with E-state index in [9.17, 15) is 0 Å². The zero-order chi connectivity index (χ0) is 15.9. The van der Waals surface area contributed by atoms with Gasteiger partial charge in [0.2, 0.25) is 0 Å². The highest BCUT2D eigenvalue weighted by Gasteiger charge is 2.28. The van der Waals surface area contributed by atoms with Crippen LogP contribution in [-0.4, -0.2) is 0 Å². The number of allylic oxidation sites excluding steroid dienone is 5. The van der Waals surface area contributed by atoms with Crippen LogP contribution in [0.4, 0.5) is 0 Å². The van der Waals surface area contributed by atoms with E-state index in [-0.39, 0.29) is 0 Å². The molecule has 0 spiro atoms. The lowest BCUT2D eigenvalue weighted by molar-refractivity contribution is 0.161. The smallest absolute Gasteiger partial charge is 0.0224 e. The van der Waals surface area contributed by atoms with Crippen LogP contribution < -0.4 is 0 Å². The van der Waals surface area contributed by atoms with Crippen LogP contribution in [0.15, 0.2) is 36.0 Å². The second-order valence-corrected chi connectivity index (χ2v) is 7.53. The number of hydrogen-bond acceptors (Lipinski definition) is 0. The summed E-state index contributed by atoms with van der Waals surface area (Å²) in [5, 5.41) is 0. The molecule has 0 aromatic rings. The predicted octanol–water partition coefficient (Wildman–Crippen LogP) is 7.09. The minimum atomic E-state index is 0.700. The minimum absolute atomic E-state index is 0.700. The van der Waals surface area contributed by atoms with E-state index < -0.39 is 0 Å². The predicted molar refractivity (Wildman–Crippen MR) is 96.5 cm³/mol. The summed E-state index contributed by atoms with van der Waals surface area (Å²) in [6, 6.07) is 0. The van der Waals surface area contributed by atoms with Crippen molar-refractivity contribution in [3.8, 4) is 0 Å². The van der Waals surface area contributed by atoms with E-state index in [1.807, 2.05) is 6.92 Å². The van der Waals surface area contributed by atoms with Crippen LogP contribution in [0.5, 0.6) is 0 Å². The van der Waals surface area contributed by atoms with Gasteiger partial charge in [-0.05, 0) is 61.9 Å². The third kappa shape index (κ3) is 6.24. The first-order valence-electron chi connectivity index (χ1n) is 8.94. The average Bonchev–Trinajstić information content (AvgIpc) is 2.49. The summed E-state index contributed by atoms with van der Waals surface area (Å²) in [6.45, 7) is 15.3. The fourth-order valence-electron chi connectivity index (χ4n) is 3.18. The molecule has 0 aliphatic heterocycles. The monoisotopic (exact) mass is 288 g/mol. The Hall–Kier alpha value is -0.780. The summed E-state index contributed by atoms with van der Waals surface area (Å²) < 4.78 is 0. The highest BCUT2D eigenvalue weighted by molar-refractivity contribution is 5.38. The van der Waals surface area contributed by atoms with Gasteiger partial charge in [0.05, 0.1) is 0 Å². The van der Waals surface area contributed by atoms with Crippen LogP contribution in [0.25, 0.3) is 0 Å². The van der Waals surface area contributed by atoms with Crippen molar-refractivity contribution in [2.75, 3.05) is 0 Å². The summed E-state index contributed by atoms with van der Waals surface area (Å²) in [5.41, 5.74) is 3.17. The van der Waals surface area contributed by atoms with E-state index in [2.05, 4.69) is 52.5 Å². The molecule has 0 saturated heterocycles. The van der Waals surface area contributed by atoms with Gasteiger partial charge in [-0.15, -0.1) is 0 Å². The molecule has 0 bridgehead atoms. The van der Waals surface area contributed by atoms with Crippen LogP contribution in [-0.2, 0) is 0 Å². The van der Waals surface area contributed by atoms with Crippen molar-refractivity contribution in [3.63, 3.8) is 0 Å². The Morgan fingerprint density at radius 3 is 2.29 bits per heavy atom. The van der Waals surface area contributed by atoms with Gasteiger partial charge in [0.15, 0.2) is 0 Å². The molecule has 2 aliphatic rings. The Labute approximate surface area is 133 Å². The molecule has 1 fully saturated rings. The topological polar surface area (TPSA) is 0 Å². The van der Waals surface area contributed by atoms with Gasteiger partial charge in [0.1, 0.15) is 0 Å². The van der Waals surface area contributed by atoms with Crippen molar-refractivity contribution in [3.05, 3.63) is 36.0 Å². The first-order valence-corrected chi connectivity index (χ1v) is 8.94. The number of rotatable bonds is 3. The van der Waals surface area contributed by atoms with Crippen LogP contribution in [0.1, 0.15) is 79.6 Å². The first-order chi connectivity index (χ1) is 9.90. The standard InChI is InChI=1S/C11H22.C10H14/c1-4-10-6-8-11(3,5-2)9-7-10;1-8(2)10-6-4-9(3)5-7-10/h10H,4-9H2,1-3H3;4,6-7,9H,1,5H2,2-3H3. The normalized spacial score (nSPS) is 32.0. The quantitative estimate of drug-likeness (QED) is 0.520. The van der Waals surface area contributed by atoms with Gasteiger partial charge in [-0.1, -0.05) is 70.9 Å². The lowest BCUT2D eigenvalue weighted by atomic mass is 9.70. The molecule has 1 atom stereocenters. The Morgan fingerprint density at radius 2 is 1.90 bits per heavy atom. The third-order valence-corrected chi connectivity index (χ3v) is 5.55. The van der Waals surface area contributed by atoms with Crippen molar-refractivity contribution in [2.24, 2.45) is 17.3 Å². The van der Waals surface area contributed by atoms with Gasteiger partial charge in [-0.25, -0.2) is 0 Å². The molecular formula is C21H36. The molecular weight excluding hydrogens is 252 g/mol.